The zero-order valence-electron chi connectivity index (χ0n) is 17.0. The van der Waals surface area contributed by atoms with E-state index in [1.54, 1.807) is 36.7 Å². The summed E-state index contributed by atoms with van der Waals surface area (Å²) in [7, 11) is -3.56. The van der Waals surface area contributed by atoms with Gasteiger partial charge in [-0.25, -0.2) is 8.42 Å². The summed E-state index contributed by atoms with van der Waals surface area (Å²) in [5, 5.41) is 3.96. The zero-order valence-corrected chi connectivity index (χ0v) is 17.8. The molecule has 2 aromatic heterocycles. The molecule has 1 atom stereocenters. The summed E-state index contributed by atoms with van der Waals surface area (Å²) >= 11 is 0. The summed E-state index contributed by atoms with van der Waals surface area (Å²) in [5.41, 5.74) is 2.67. The Hall–Kier alpha value is -2.62. The van der Waals surface area contributed by atoms with Gasteiger partial charge in [0.2, 0.25) is 15.8 Å². The van der Waals surface area contributed by atoms with E-state index in [1.165, 1.54) is 4.31 Å². The second-order valence-corrected chi connectivity index (χ2v) is 9.45. The van der Waals surface area contributed by atoms with Crippen LogP contribution in [0, 0.1) is 13.8 Å². The van der Waals surface area contributed by atoms with Gasteiger partial charge in [-0.15, -0.1) is 0 Å². The Balaban J connectivity index is 1.40. The number of aromatic nitrogens is 3. The van der Waals surface area contributed by atoms with Gasteiger partial charge in [-0.2, -0.15) is 9.29 Å². The molecule has 1 aromatic carbocycles. The monoisotopic (exact) mass is 428 g/mol. The fraction of sp³-hybridized carbons (Fsp3) is 0.381. The molecule has 3 heterocycles. The number of piperidine rings is 1. The number of hydrogen-bond acceptors (Lipinski definition) is 7. The van der Waals surface area contributed by atoms with Crippen molar-refractivity contribution in [3.8, 4) is 11.4 Å². The van der Waals surface area contributed by atoms with Crippen molar-refractivity contribution in [1.29, 1.82) is 0 Å². The highest BCUT2D eigenvalue weighted by atomic mass is 32.2. The molecule has 0 bridgehead atoms. The van der Waals surface area contributed by atoms with Gasteiger partial charge in [0.25, 0.3) is 5.89 Å². The SMILES string of the molecule is Cc1cc(C)cc(S(=O)(=O)N2CCCC(OCc3nc(-c4ccncc4)no3)C2)c1. The highest BCUT2D eigenvalue weighted by Crippen LogP contribution is 2.24. The Morgan fingerprint density at radius 3 is 2.63 bits per heavy atom. The third-order valence-corrected chi connectivity index (χ3v) is 6.87. The van der Waals surface area contributed by atoms with Gasteiger partial charge in [-0.05, 0) is 62.1 Å². The fourth-order valence-corrected chi connectivity index (χ4v) is 5.31. The third kappa shape index (κ3) is 4.58. The van der Waals surface area contributed by atoms with Gasteiger partial charge in [0.05, 0.1) is 11.0 Å². The van der Waals surface area contributed by atoms with Gasteiger partial charge in [-0.3, -0.25) is 4.98 Å². The first-order chi connectivity index (χ1) is 14.4. The predicted octanol–water partition coefficient (Wildman–Crippen LogP) is 3.12. The summed E-state index contributed by atoms with van der Waals surface area (Å²) in [6, 6.07) is 8.99. The molecule has 8 nitrogen and oxygen atoms in total. The number of aryl methyl sites for hydroxylation is 2. The molecular formula is C21H24N4O4S. The smallest absolute Gasteiger partial charge is 0.252 e. The standard InChI is InChI=1S/C21H24N4O4S/c1-15-10-16(2)12-19(11-15)30(26,27)25-9-3-4-18(13-25)28-14-20-23-21(24-29-20)17-5-7-22-8-6-17/h5-8,10-12,18H,3-4,9,13-14H2,1-2H3. The van der Waals surface area contributed by atoms with E-state index in [0.29, 0.717) is 29.7 Å². The summed E-state index contributed by atoms with van der Waals surface area (Å²) in [6.07, 6.45) is 4.62. The first kappa shape index (κ1) is 20.6. The molecule has 0 aliphatic carbocycles. The van der Waals surface area contributed by atoms with E-state index >= 15 is 0 Å². The average Bonchev–Trinajstić information content (AvgIpc) is 3.21. The Labute approximate surface area is 175 Å². The van der Waals surface area contributed by atoms with Crippen molar-refractivity contribution in [2.24, 2.45) is 0 Å². The summed E-state index contributed by atoms with van der Waals surface area (Å²) in [5.74, 6) is 0.828. The number of rotatable bonds is 6. The second-order valence-electron chi connectivity index (χ2n) is 7.51. The fourth-order valence-electron chi connectivity index (χ4n) is 3.61. The van der Waals surface area contributed by atoms with E-state index in [2.05, 4.69) is 15.1 Å². The van der Waals surface area contributed by atoms with Gasteiger partial charge in [0.15, 0.2) is 0 Å². The molecule has 1 unspecified atom stereocenters. The number of sulfonamides is 1. The molecule has 0 saturated carbocycles. The number of pyridine rings is 1. The Morgan fingerprint density at radius 1 is 1.17 bits per heavy atom. The molecule has 158 valence electrons. The summed E-state index contributed by atoms with van der Waals surface area (Å²) < 4.78 is 38.9. The molecule has 1 fully saturated rings. The van der Waals surface area contributed by atoms with Crippen LogP contribution in [0.3, 0.4) is 0 Å². The van der Waals surface area contributed by atoms with Crippen molar-refractivity contribution >= 4 is 10.0 Å². The van der Waals surface area contributed by atoms with Crippen LogP contribution in [0.1, 0.15) is 29.9 Å². The van der Waals surface area contributed by atoms with Gasteiger partial charge in [0, 0.05) is 31.0 Å². The van der Waals surface area contributed by atoms with Crippen LogP contribution < -0.4 is 0 Å². The minimum absolute atomic E-state index is 0.139. The normalized spacial score (nSPS) is 17.9. The molecule has 4 rings (SSSR count). The topological polar surface area (TPSA) is 98.4 Å². The lowest BCUT2D eigenvalue weighted by Crippen LogP contribution is -2.43. The van der Waals surface area contributed by atoms with Gasteiger partial charge in [-0.1, -0.05) is 11.2 Å². The Morgan fingerprint density at radius 2 is 1.90 bits per heavy atom. The number of ether oxygens (including phenoxy) is 1. The van der Waals surface area contributed by atoms with Crippen LogP contribution in [0.25, 0.3) is 11.4 Å². The minimum atomic E-state index is -3.56. The lowest BCUT2D eigenvalue weighted by molar-refractivity contribution is -0.00296. The van der Waals surface area contributed by atoms with E-state index in [9.17, 15) is 8.42 Å². The van der Waals surface area contributed by atoms with Crippen LogP contribution in [-0.4, -0.2) is 47.0 Å². The first-order valence-electron chi connectivity index (χ1n) is 9.85. The van der Waals surface area contributed by atoms with E-state index in [0.717, 1.165) is 29.5 Å². The highest BCUT2D eigenvalue weighted by molar-refractivity contribution is 7.89. The van der Waals surface area contributed by atoms with Crippen molar-refractivity contribution in [3.63, 3.8) is 0 Å². The molecule has 0 amide bonds. The van der Waals surface area contributed by atoms with Crippen LogP contribution in [-0.2, 0) is 21.4 Å². The van der Waals surface area contributed by atoms with E-state index in [4.69, 9.17) is 9.26 Å². The first-order valence-corrected chi connectivity index (χ1v) is 11.3. The molecule has 1 saturated heterocycles. The molecule has 1 aliphatic heterocycles. The molecule has 0 N–H and O–H groups in total. The van der Waals surface area contributed by atoms with Gasteiger partial charge < -0.3 is 9.26 Å². The molecule has 3 aromatic rings. The molecule has 0 radical (unpaired) electrons. The molecular weight excluding hydrogens is 404 g/mol. The number of hydrogen-bond donors (Lipinski definition) is 0. The Kier molecular flexibility index (Phi) is 5.94. The minimum Gasteiger partial charge on any atom is -0.367 e. The Bertz CT molecular complexity index is 1090. The van der Waals surface area contributed by atoms with E-state index < -0.39 is 10.0 Å². The summed E-state index contributed by atoms with van der Waals surface area (Å²) in [4.78, 5) is 8.64. The largest absolute Gasteiger partial charge is 0.367 e. The highest BCUT2D eigenvalue weighted by Gasteiger charge is 2.31. The number of benzene rings is 1. The third-order valence-electron chi connectivity index (χ3n) is 5.02. The van der Waals surface area contributed by atoms with Crippen LogP contribution in [0.4, 0.5) is 0 Å². The van der Waals surface area contributed by atoms with Crippen molar-refractivity contribution in [1.82, 2.24) is 19.4 Å². The predicted molar refractivity (Wildman–Crippen MR) is 110 cm³/mol. The van der Waals surface area contributed by atoms with Crippen molar-refractivity contribution in [2.75, 3.05) is 13.1 Å². The summed E-state index contributed by atoms with van der Waals surface area (Å²) in [6.45, 7) is 4.74. The van der Waals surface area contributed by atoms with Crippen LogP contribution >= 0.6 is 0 Å². The van der Waals surface area contributed by atoms with Crippen LogP contribution in [0.2, 0.25) is 0 Å². The van der Waals surface area contributed by atoms with Crippen molar-refractivity contribution in [2.45, 2.75) is 44.3 Å². The average molecular weight is 429 g/mol. The second kappa shape index (κ2) is 8.63. The van der Waals surface area contributed by atoms with Crippen LogP contribution in [0.5, 0.6) is 0 Å². The lowest BCUT2D eigenvalue weighted by Gasteiger charge is -2.31. The molecule has 9 heteroatoms. The van der Waals surface area contributed by atoms with Crippen molar-refractivity contribution in [3.05, 3.63) is 59.7 Å². The quantitative estimate of drug-likeness (QED) is 0.595. The van der Waals surface area contributed by atoms with Crippen molar-refractivity contribution < 1.29 is 17.7 Å². The lowest BCUT2D eigenvalue weighted by atomic mass is 10.1. The molecule has 0 spiro atoms. The maximum absolute atomic E-state index is 13.1. The van der Waals surface area contributed by atoms with Gasteiger partial charge in [0.1, 0.15) is 6.61 Å². The van der Waals surface area contributed by atoms with E-state index in [-0.39, 0.29) is 12.7 Å². The van der Waals surface area contributed by atoms with Crippen LogP contribution in [0.15, 0.2) is 52.1 Å². The number of nitrogens with zero attached hydrogens (tertiary/aromatic N) is 4. The zero-order chi connectivity index (χ0) is 21.1. The maximum Gasteiger partial charge on any atom is 0.252 e. The van der Waals surface area contributed by atoms with Gasteiger partial charge >= 0.3 is 0 Å². The molecule has 1 aliphatic rings. The maximum atomic E-state index is 13.1. The van der Waals surface area contributed by atoms with E-state index in [1.807, 2.05) is 19.9 Å². The molecule has 30 heavy (non-hydrogen) atoms.